The minimum Gasteiger partial charge on any atom is -0.494 e. The van der Waals surface area contributed by atoms with E-state index in [2.05, 4.69) is 37.3 Å². The standard InChI is InChI=1S/C18H25FN2O/c1-5-21-11-14(10-20-21)13-6-7-15-12(2)17(9-18(3,4)19)22-16(15)8-13/h6,8,10-12,15,17H,5,7,9H2,1-4H3. The van der Waals surface area contributed by atoms with E-state index >= 15 is 0 Å². The SMILES string of the molecule is CCn1cc(C2=CCC3C(=C2)OC(CC(C)(C)F)C3C)cn1. The van der Waals surface area contributed by atoms with Crippen molar-refractivity contribution >= 4 is 5.57 Å². The summed E-state index contributed by atoms with van der Waals surface area (Å²) in [5, 5.41) is 4.33. The van der Waals surface area contributed by atoms with Crippen LogP contribution < -0.4 is 0 Å². The van der Waals surface area contributed by atoms with E-state index in [1.807, 2.05) is 10.9 Å². The van der Waals surface area contributed by atoms with Crippen LogP contribution in [0.3, 0.4) is 0 Å². The Labute approximate surface area is 131 Å². The van der Waals surface area contributed by atoms with Gasteiger partial charge in [0.2, 0.25) is 0 Å². The lowest BCUT2D eigenvalue weighted by atomic mass is 9.82. The summed E-state index contributed by atoms with van der Waals surface area (Å²) in [5.41, 5.74) is 1.10. The molecule has 1 aromatic heterocycles. The van der Waals surface area contributed by atoms with Gasteiger partial charge in [-0.05, 0) is 38.8 Å². The first-order valence-corrected chi connectivity index (χ1v) is 8.17. The van der Waals surface area contributed by atoms with Crippen LogP contribution in [0, 0.1) is 11.8 Å². The number of aromatic nitrogens is 2. The quantitative estimate of drug-likeness (QED) is 0.826. The lowest BCUT2D eigenvalue weighted by Gasteiger charge is -2.22. The number of alkyl halides is 1. The number of ether oxygens (including phenoxy) is 1. The molecule has 1 aliphatic heterocycles. The molecule has 3 unspecified atom stereocenters. The van der Waals surface area contributed by atoms with Crippen LogP contribution in [0.25, 0.3) is 5.57 Å². The number of allylic oxidation sites excluding steroid dienone is 4. The Hall–Kier alpha value is -1.58. The maximum atomic E-state index is 14.0. The topological polar surface area (TPSA) is 27.1 Å². The van der Waals surface area contributed by atoms with E-state index in [0.717, 1.165) is 24.3 Å². The molecule has 1 saturated heterocycles. The number of halogens is 1. The van der Waals surface area contributed by atoms with Crippen molar-refractivity contribution in [2.45, 2.75) is 58.9 Å². The Morgan fingerprint density at radius 1 is 1.45 bits per heavy atom. The normalized spacial score (nSPS) is 28.0. The van der Waals surface area contributed by atoms with Crippen molar-refractivity contribution in [3.8, 4) is 0 Å². The van der Waals surface area contributed by atoms with Crippen molar-refractivity contribution in [1.82, 2.24) is 9.78 Å². The molecule has 0 bridgehead atoms. The molecular formula is C18H25FN2O. The third kappa shape index (κ3) is 2.96. The van der Waals surface area contributed by atoms with E-state index in [1.54, 1.807) is 13.8 Å². The maximum absolute atomic E-state index is 14.0. The van der Waals surface area contributed by atoms with Crippen molar-refractivity contribution in [1.29, 1.82) is 0 Å². The second-order valence-electron chi connectivity index (χ2n) is 7.07. The second kappa shape index (κ2) is 5.56. The largest absolute Gasteiger partial charge is 0.494 e. The molecule has 1 aromatic rings. The molecule has 2 heterocycles. The fourth-order valence-corrected chi connectivity index (χ4v) is 3.42. The van der Waals surface area contributed by atoms with Crippen molar-refractivity contribution in [2.24, 2.45) is 11.8 Å². The fourth-order valence-electron chi connectivity index (χ4n) is 3.42. The van der Waals surface area contributed by atoms with Crippen LogP contribution in [0.1, 0.15) is 46.1 Å². The molecule has 3 atom stereocenters. The van der Waals surface area contributed by atoms with Crippen LogP contribution in [0.15, 0.2) is 30.3 Å². The zero-order valence-corrected chi connectivity index (χ0v) is 13.8. The molecule has 0 amide bonds. The first kappa shape index (κ1) is 15.3. The molecule has 2 aliphatic rings. The molecular weight excluding hydrogens is 279 g/mol. The molecule has 3 rings (SSSR count). The van der Waals surface area contributed by atoms with E-state index in [4.69, 9.17) is 4.74 Å². The molecule has 1 fully saturated rings. The summed E-state index contributed by atoms with van der Waals surface area (Å²) in [6, 6.07) is 0. The first-order valence-electron chi connectivity index (χ1n) is 8.17. The van der Waals surface area contributed by atoms with Gasteiger partial charge >= 0.3 is 0 Å². The fraction of sp³-hybridized carbons (Fsp3) is 0.611. The van der Waals surface area contributed by atoms with Gasteiger partial charge in [-0.15, -0.1) is 0 Å². The first-order chi connectivity index (χ1) is 10.4. The van der Waals surface area contributed by atoms with E-state index < -0.39 is 5.67 Å². The van der Waals surface area contributed by atoms with Crippen molar-refractivity contribution < 1.29 is 9.13 Å². The zero-order valence-electron chi connectivity index (χ0n) is 13.8. The number of rotatable bonds is 4. The van der Waals surface area contributed by atoms with Gasteiger partial charge < -0.3 is 4.74 Å². The maximum Gasteiger partial charge on any atom is 0.109 e. The number of hydrogen-bond acceptors (Lipinski definition) is 2. The Kier molecular flexibility index (Phi) is 3.87. The van der Waals surface area contributed by atoms with Crippen LogP contribution >= 0.6 is 0 Å². The van der Waals surface area contributed by atoms with Crippen LogP contribution in [-0.4, -0.2) is 21.6 Å². The van der Waals surface area contributed by atoms with E-state index in [-0.39, 0.29) is 6.10 Å². The molecule has 1 aliphatic carbocycles. The monoisotopic (exact) mass is 304 g/mol. The summed E-state index contributed by atoms with van der Waals surface area (Å²) in [6.45, 7) is 8.37. The molecule has 0 radical (unpaired) electrons. The summed E-state index contributed by atoms with van der Waals surface area (Å²) < 4.78 is 22.0. The summed E-state index contributed by atoms with van der Waals surface area (Å²) >= 11 is 0. The van der Waals surface area contributed by atoms with Gasteiger partial charge in [-0.1, -0.05) is 13.0 Å². The summed E-state index contributed by atoms with van der Waals surface area (Å²) in [4.78, 5) is 0. The molecule has 0 aromatic carbocycles. The third-order valence-electron chi connectivity index (χ3n) is 4.74. The van der Waals surface area contributed by atoms with E-state index in [9.17, 15) is 4.39 Å². The van der Waals surface area contributed by atoms with Gasteiger partial charge in [0.05, 0.1) is 6.20 Å². The summed E-state index contributed by atoms with van der Waals surface area (Å²) in [6.07, 6.45) is 9.72. The molecule has 0 saturated carbocycles. The average molecular weight is 304 g/mol. The molecule has 0 N–H and O–H groups in total. The third-order valence-corrected chi connectivity index (χ3v) is 4.74. The minimum absolute atomic E-state index is 0.0256. The summed E-state index contributed by atoms with van der Waals surface area (Å²) in [7, 11) is 0. The molecule has 120 valence electrons. The van der Waals surface area contributed by atoms with E-state index in [0.29, 0.717) is 18.3 Å². The van der Waals surface area contributed by atoms with Gasteiger partial charge in [0.25, 0.3) is 0 Å². The lowest BCUT2D eigenvalue weighted by Crippen LogP contribution is -2.26. The minimum atomic E-state index is -1.19. The Morgan fingerprint density at radius 2 is 2.23 bits per heavy atom. The van der Waals surface area contributed by atoms with Crippen LogP contribution in [0.2, 0.25) is 0 Å². The zero-order chi connectivity index (χ0) is 15.9. The summed E-state index contributed by atoms with van der Waals surface area (Å²) in [5.74, 6) is 1.76. The van der Waals surface area contributed by atoms with Crippen molar-refractivity contribution in [3.63, 3.8) is 0 Å². The van der Waals surface area contributed by atoms with Crippen molar-refractivity contribution in [3.05, 3.63) is 35.9 Å². The average Bonchev–Trinajstić information content (AvgIpc) is 3.03. The Balaban J connectivity index is 1.77. The molecule has 0 spiro atoms. The molecule has 3 nitrogen and oxygen atoms in total. The highest BCUT2D eigenvalue weighted by Crippen LogP contribution is 2.44. The number of nitrogens with zero attached hydrogens (tertiary/aromatic N) is 2. The lowest BCUT2D eigenvalue weighted by molar-refractivity contribution is 0.0643. The second-order valence-corrected chi connectivity index (χ2v) is 7.07. The number of hydrogen-bond donors (Lipinski definition) is 0. The van der Waals surface area contributed by atoms with Crippen LogP contribution in [-0.2, 0) is 11.3 Å². The van der Waals surface area contributed by atoms with Crippen molar-refractivity contribution in [2.75, 3.05) is 0 Å². The molecule has 4 heteroatoms. The van der Waals surface area contributed by atoms with Gasteiger partial charge in [0.1, 0.15) is 17.5 Å². The van der Waals surface area contributed by atoms with Crippen LogP contribution in [0.5, 0.6) is 0 Å². The highest BCUT2D eigenvalue weighted by atomic mass is 19.1. The van der Waals surface area contributed by atoms with Gasteiger partial charge in [-0.3, -0.25) is 4.68 Å². The molecule has 22 heavy (non-hydrogen) atoms. The highest BCUT2D eigenvalue weighted by Gasteiger charge is 2.41. The Bertz CT molecular complexity index is 609. The predicted molar refractivity (Wildman–Crippen MR) is 85.9 cm³/mol. The van der Waals surface area contributed by atoms with E-state index in [1.165, 1.54) is 5.57 Å². The van der Waals surface area contributed by atoms with Gasteiger partial charge in [0.15, 0.2) is 0 Å². The smallest absolute Gasteiger partial charge is 0.109 e. The highest BCUT2D eigenvalue weighted by molar-refractivity contribution is 5.75. The van der Waals surface area contributed by atoms with Crippen LogP contribution in [0.4, 0.5) is 4.39 Å². The predicted octanol–water partition coefficient (Wildman–Crippen LogP) is 4.36. The number of aryl methyl sites for hydroxylation is 1. The van der Waals surface area contributed by atoms with Gasteiger partial charge in [-0.25, -0.2) is 4.39 Å². The number of fused-ring (bicyclic) bond motifs is 1. The van der Waals surface area contributed by atoms with Gasteiger partial charge in [-0.2, -0.15) is 5.10 Å². The van der Waals surface area contributed by atoms with Gasteiger partial charge in [0, 0.05) is 36.6 Å². The Morgan fingerprint density at radius 3 is 2.86 bits per heavy atom.